The maximum atomic E-state index is 12.4. The number of nitrogens with zero attached hydrogens (tertiary/aromatic N) is 8. The van der Waals surface area contributed by atoms with Gasteiger partial charge in [0.25, 0.3) is 0 Å². The van der Waals surface area contributed by atoms with Crippen LogP contribution in [-0.4, -0.2) is 84.1 Å². The summed E-state index contributed by atoms with van der Waals surface area (Å²) >= 11 is 0. The van der Waals surface area contributed by atoms with E-state index in [4.69, 9.17) is 15.1 Å². The number of anilines is 2. The number of fused-ring (bicyclic) bond motifs is 2. The minimum absolute atomic E-state index is 0.145. The standard InChI is InChI=1S/C26H25N9O4/c36-19-7-5-18(6-8-19)32-9-11-33(12-10-32)26-30-24-23(28-16-34(24)15-21(37)27-14-22(38)39)25(31-26)35-20-4-2-1-3-17(20)13-29-35/h1-8,13,16,36H,9-12,14-15H2,(H,27,37)(H,38,39). The van der Waals surface area contributed by atoms with Crippen molar-refractivity contribution in [3.05, 3.63) is 61.1 Å². The maximum Gasteiger partial charge on any atom is 0.322 e. The van der Waals surface area contributed by atoms with E-state index in [0.717, 1.165) is 29.7 Å². The third-order valence-electron chi connectivity index (χ3n) is 6.64. The molecular weight excluding hydrogens is 502 g/mol. The first-order valence-corrected chi connectivity index (χ1v) is 12.4. The summed E-state index contributed by atoms with van der Waals surface area (Å²) in [6, 6.07) is 14.9. The topological polar surface area (TPSA) is 155 Å². The smallest absolute Gasteiger partial charge is 0.322 e. The monoisotopic (exact) mass is 527 g/mol. The van der Waals surface area contributed by atoms with Gasteiger partial charge in [0.05, 0.1) is 18.0 Å². The molecule has 1 aliphatic rings. The quantitative estimate of drug-likeness (QED) is 0.283. The van der Waals surface area contributed by atoms with Crippen LogP contribution in [0.15, 0.2) is 61.1 Å². The Morgan fingerprint density at radius 3 is 2.46 bits per heavy atom. The minimum atomic E-state index is -1.12. The number of carboxylic acid groups (broad SMARTS) is 1. The largest absolute Gasteiger partial charge is 0.508 e. The number of hydrogen-bond donors (Lipinski definition) is 3. The van der Waals surface area contributed by atoms with Crippen LogP contribution in [0.25, 0.3) is 27.9 Å². The van der Waals surface area contributed by atoms with Gasteiger partial charge in [-0.3, -0.25) is 9.59 Å². The Bertz CT molecular complexity index is 1670. The number of aromatic nitrogens is 6. The van der Waals surface area contributed by atoms with Gasteiger partial charge in [-0.1, -0.05) is 18.2 Å². The number of benzene rings is 2. The highest BCUT2D eigenvalue weighted by atomic mass is 16.4. The number of carbonyl (C=O) groups is 2. The number of phenolic OH excluding ortho intramolecular Hbond substituents is 1. The van der Waals surface area contributed by atoms with Crippen LogP contribution in [0.1, 0.15) is 0 Å². The number of imidazole rings is 1. The highest BCUT2D eigenvalue weighted by molar-refractivity contribution is 5.87. The van der Waals surface area contributed by atoms with Crippen LogP contribution in [0, 0.1) is 0 Å². The summed E-state index contributed by atoms with van der Waals surface area (Å²) in [6.07, 6.45) is 3.26. The van der Waals surface area contributed by atoms with Gasteiger partial charge in [0.1, 0.15) is 18.8 Å². The molecule has 0 bridgehead atoms. The maximum absolute atomic E-state index is 12.4. The van der Waals surface area contributed by atoms with Gasteiger partial charge < -0.3 is 29.9 Å². The molecule has 2 aromatic carbocycles. The van der Waals surface area contributed by atoms with Gasteiger partial charge in [0, 0.05) is 37.3 Å². The molecule has 5 aromatic rings. The molecule has 6 rings (SSSR count). The van der Waals surface area contributed by atoms with E-state index in [-0.39, 0.29) is 12.3 Å². The molecule has 0 atom stereocenters. The molecule has 1 saturated heterocycles. The Balaban J connectivity index is 1.36. The van der Waals surface area contributed by atoms with Crippen molar-refractivity contribution in [3.8, 4) is 11.6 Å². The number of carboxylic acids is 1. The van der Waals surface area contributed by atoms with Gasteiger partial charge in [-0.15, -0.1) is 0 Å². The van der Waals surface area contributed by atoms with E-state index >= 15 is 0 Å². The molecule has 0 aliphatic carbocycles. The minimum Gasteiger partial charge on any atom is -0.508 e. The third kappa shape index (κ3) is 4.77. The molecule has 1 fully saturated rings. The second-order valence-corrected chi connectivity index (χ2v) is 9.17. The van der Waals surface area contributed by atoms with Crippen LogP contribution in [0.3, 0.4) is 0 Å². The number of aromatic hydroxyl groups is 1. The van der Waals surface area contributed by atoms with Crippen LogP contribution in [0.5, 0.6) is 5.75 Å². The van der Waals surface area contributed by atoms with Crippen molar-refractivity contribution in [3.63, 3.8) is 0 Å². The first-order valence-electron chi connectivity index (χ1n) is 12.4. The second-order valence-electron chi connectivity index (χ2n) is 9.17. The van der Waals surface area contributed by atoms with E-state index in [1.807, 2.05) is 36.4 Å². The summed E-state index contributed by atoms with van der Waals surface area (Å²) in [5.74, 6) is -0.392. The van der Waals surface area contributed by atoms with E-state index in [1.165, 1.54) is 6.33 Å². The van der Waals surface area contributed by atoms with Crippen LogP contribution < -0.4 is 15.1 Å². The van der Waals surface area contributed by atoms with Crippen LogP contribution in [0.4, 0.5) is 11.6 Å². The Hall–Kier alpha value is -5.20. The number of phenols is 1. The van der Waals surface area contributed by atoms with Gasteiger partial charge in [-0.05, 0) is 30.3 Å². The number of nitrogens with one attached hydrogen (secondary N) is 1. The summed E-state index contributed by atoms with van der Waals surface area (Å²) in [6.45, 7) is 2.14. The lowest BCUT2D eigenvalue weighted by molar-refractivity contribution is -0.138. The molecule has 0 radical (unpaired) electrons. The molecule has 1 amide bonds. The van der Waals surface area contributed by atoms with E-state index in [9.17, 15) is 14.7 Å². The van der Waals surface area contributed by atoms with Crippen molar-refractivity contribution in [2.75, 3.05) is 42.5 Å². The zero-order chi connectivity index (χ0) is 26.9. The zero-order valence-corrected chi connectivity index (χ0v) is 20.8. The number of piperazine rings is 1. The van der Waals surface area contributed by atoms with Crippen LogP contribution in [0.2, 0.25) is 0 Å². The molecule has 0 spiro atoms. The lowest BCUT2D eigenvalue weighted by Crippen LogP contribution is -2.47. The highest BCUT2D eigenvalue weighted by Gasteiger charge is 2.24. The predicted molar refractivity (Wildman–Crippen MR) is 143 cm³/mol. The first kappa shape index (κ1) is 24.2. The van der Waals surface area contributed by atoms with Crippen molar-refractivity contribution < 1.29 is 19.8 Å². The Morgan fingerprint density at radius 2 is 1.69 bits per heavy atom. The van der Waals surface area contributed by atoms with E-state index in [2.05, 4.69) is 25.2 Å². The molecule has 4 heterocycles. The SMILES string of the molecule is O=C(O)CNC(=O)Cn1cnc2c(-n3ncc4ccccc43)nc(N3CCN(c4ccc(O)cc4)CC3)nc21. The van der Waals surface area contributed by atoms with E-state index in [0.29, 0.717) is 36.0 Å². The average Bonchev–Trinajstić information content (AvgIpc) is 3.56. The van der Waals surface area contributed by atoms with Crippen LogP contribution in [-0.2, 0) is 16.1 Å². The van der Waals surface area contributed by atoms with Crippen molar-refractivity contribution in [1.82, 2.24) is 34.6 Å². The molecule has 198 valence electrons. The van der Waals surface area contributed by atoms with Crippen molar-refractivity contribution in [2.45, 2.75) is 6.54 Å². The van der Waals surface area contributed by atoms with Gasteiger partial charge in [-0.2, -0.15) is 15.1 Å². The Morgan fingerprint density at radius 1 is 0.949 bits per heavy atom. The fourth-order valence-corrected chi connectivity index (χ4v) is 4.68. The fraction of sp³-hybridized carbons (Fsp3) is 0.231. The summed E-state index contributed by atoms with van der Waals surface area (Å²) in [5, 5.41) is 26.4. The van der Waals surface area contributed by atoms with Crippen molar-refractivity contribution >= 4 is 45.6 Å². The van der Waals surface area contributed by atoms with Crippen molar-refractivity contribution in [2.24, 2.45) is 0 Å². The van der Waals surface area contributed by atoms with Crippen molar-refractivity contribution in [1.29, 1.82) is 0 Å². The fourth-order valence-electron chi connectivity index (χ4n) is 4.68. The lowest BCUT2D eigenvalue weighted by atomic mass is 10.2. The van der Waals surface area contributed by atoms with Gasteiger partial charge in [0.15, 0.2) is 17.0 Å². The average molecular weight is 528 g/mol. The highest BCUT2D eigenvalue weighted by Crippen LogP contribution is 2.26. The normalized spacial score (nSPS) is 13.7. The molecule has 13 heteroatoms. The molecule has 1 aliphatic heterocycles. The second kappa shape index (κ2) is 9.93. The third-order valence-corrected chi connectivity index (χ3v) is 6.64. The predicted octanol–water partition coefficient (Wildman–Crippen LogP) is 1.40. The molecule has 3 aromatic heterocycles. The molecule has 3 N–H and O–H groups in total. The Kier molecular flexibility index (Phi) is 6.15. The summed E-state index contributed by atoms with van der Waals surface area (Å²) in [5.41, 5.74) is 2.80. The molecule has 0 saturated carbocycles. The number of hydrogen-bond acceptors (Lipinski definition) is 9. The molecule has 0 unspecified atom stereocenters. The number of aliphatic carboxylic acids is 1. The number of amides is 1. The summed E-state index contributed by atoms with van der Waals surface area (Å²) in [7, 11) is 0. The summed E-state index contributed by atoms with van der Waals surface area (Å²) in [4.78, 5) is 41.8. The van der Waals surface area contributed by atoms with Crippen LogP contribution >= 0.6 is 0 Å². The number of para-hydroxylation sites is 1. The number of rotatable bonds is 7. The zero-order valence-electron chi connectivity index (χ0n) is 20.8. The van der Waals surface area contributed by atoms with Gasteiger partial charge >= 0.3 is 5.97 Å². The first-order chi connectivity index (χ1) is 19.0. The lowest BCUT2D eigenvalue weighted by Gasteiger charge is -2.36. The molecular formula is C26H25N9O4. The van der Waals surface area contributed by atoms with E-state index in [1.54, 1.807) is 27.6 Å². The summed E-state index contributed by atoms with van der Waals surface area (Å²) < 4.78 is 3.30. The Labute approximate surface area is 221 Å². The molecule has 39 heavy (non-hydrogen) atoms. The van der Waals surface area contributed by atoms with Gasteiger partial charge in [0.2, 0.25) is 11.9 Å². The van der Waals surface area contributed by atoms with Gasteiger partial charge in [-0.25, -0.2) is 9.67 Å². The van der Waals surface area contributed by atoms with E-state index < -0.39 is 18.4 Å². The molecule has 13 nitrogen and oxygen atoms in total. The number of carbonyl (C=O) groups excluding carboxylic acids is 1.